The molecule has 0 N–H and O–H groups in total. The van der Waals surface area contributed by atoms with Crippen molar-refractivity contribution < 1.29 is 9.53 Å². The van der Waals surface area contributed by atoms with Crippen molar-refractivity contribution >= 4 is 27.5 Å². The van der Waals surface area contributed by atoms with E-state index in [1.165, 1.54) is 0 Å². The van der Waals surface area contributed by atoms with E-state index in [1.807, 2.05) is 12.1 Å². The summed E-state index contributed by atoms with van der Waals surface area (Å²) in [6, 6.07) is 3.96. The summed E-state index contributed by atoms with van der Waals surface area (Å²) in [4.78, 5) is 13.2. The maximum absolute atomic E-state index is 11.5. The lowest BCUT2D eigenvalue weighted by molar-refractivity contribution is -0.121. The molecule has 16 heavy (non-hydrogen) atoms. The van der Waals surface area contributed by atoms with Gasteiger partial charge in [-0.2, -0.15) is 0 Å². The van der Waals surface area contributed by atoms with Gasteiger partial charge in [0.15, 0.2) is 6.61 Å². The number of carbonyl (C=O) groups is 1. The van der Waals surface area contributed by atoms with Crippen LogP contribution in [0.1, 0.15) is 25.3 Å². The van der Waals surface area contributed by atoms with Crippen molar-refractivity contribution in [1.29, 1.82) is 0 Å². The molecule has 1 aliphatic rings. The summed E-state index contributed by atoms with van der Waals surface area (Å²) < 4.78 is 6.51. The van der Waals surface area contributed by atoms with Crippen molar-refractivity contribution in [2.24, 2.45) is 0 Å². The Bertz CT molecular complexity index is 443. The van der Waals surface area contributed by atoms with Gasteiger partial charge in [-0.05, 0) is 23.6 Å². The van der Waals surface area contributed by atoms with Crippen LogP contribution in [0.25, 0.3) is 0 Å². The Hall–Kier alpha value is -1.03. The fraction of sp³-hybridized carbons (Fsp3) is 0.417. The summed E-state index contributed by atoms with van der Waals surface area (Å²) >= 11 is 3.46. The molecule has 1 amide bonds. The van der Waals surface area contributed by atoms with E-state index in [9.17, 15) is 4.79 Å². The van der Waals surface area contributed by atoms with Crippen LogP contribution in [0, 0.1) is 0 Å². The number of amides is 1. The Morgan fingerprint density at radius 3 is 2.75 bits per heavy atom. The second-order valence-corrected chi connectivity index (χ2v) is 5.16. The normalized spacial score (nSPS) is 15.1. The molecule has 4 heteroatoms. The molecule has 0 unspecified atom stereocenters. The maximum Gasteiger partial charge on any atom is 0.264 e. The third-order valence-electron chi connectivity index (χ3n) is 2.76. The van der Waals surface area contributed by atoms with Gasteiger partial charge in [-0.3, -0.25) is 4.79 Å². The van der Waals surface area contributed by atoms with Crippen LogP contribution in [0.4, 0.5) is 5.69 Å². The van der Waals surface area contributed by atoms with Gasteiger partial charge in [-0.15, -0.1) is 0 Å². The third kappa shape index (κ3) is 1.82. The maximum atomic E-state index is 11.5. The Kier molecular flexibility index (Phi) is 2.93. The second kappa shape index (κ2) is 4.09. The van der Waals surface area contributed by atoms with Gasteiger partial charge >= 0.3 is 0 Å². The number of carbonyl (C=O) groups excluding carboxylic acids is 1. The monoisotopic (exact) mass is 283 g/mol. The number of halogens is 1. The molecule has 0 aliphatic carbocycles. The average Bonchev–Trinajstić information content (AvgIpc) is 2.23. The summed E-state index contributed by atoms with van der Waals surface area (Å²) in [5.41, 5.74) is 1.97. The molecule has 0 saturated carbocycles. The molecular formula is C12H14BrNO2. The highest BCUT2D eigenvalue weighted by Crippen LogP contribution is 2.40. The van der Waals surface area contributed by atoms with Gasteiger partial charge in [0, 0.05) is 11.5 Å². The zero-order valence-corrected chi connectivity index (χ0v) is 11.2. The first-order valence-electron chi connectivity index (χ1n) is 5.23. The van der Waals surface area contributed by atoms with E-state index in [4.69, 9.17) is 4.74 Å². The summed E-state index contributed by atoms with van der Waals surface area (Å²) in [6.45, 7) is 4.36. The fourth-order valence-corrected chi connectivity index (χ4v) is 2.26. The van der Waals surface area contributed by atoms with Crippen LogP contribution < -0.4 is 9.64 Å². The highest BCUT2D eigenvalue weighted by molar-refractivity contribution is 9.10. The van der Waals surface area contributed by atoms with Crippen LogP contribution in [-0.4, -0.2) is 19.6 Å². The van der Waals surface area contributed by atoms with Crippen molar-refractivity contribution in [3.8, 4) is 5.75 Å². The lowest BCUT2D eigenvalue weighted by Gasteiger charge is -2.28. The van der Waals surface area contributed by atoms with Gasteiger partial charge in [0.1, 0.15) is 5.75 Å². The number of hydrogen-bond acceptors (Lipinski definition) is 2. The molecule has 1 aromatic rings. The number of ether oxygens (including phenoxy) is 1. The van der Waals surface area contributed by atoms with Gasteiger partial charge in [-0.25, -0.2) is 0 Å². The molecular weight excluding hydrogens is 270 g/mol. The van der Waals surface area contributed by atoms with Crippen LogP contribution in [0.2, 0.25) is 0 Å². The van der Waals surface area contributed by atoms with Gasteiger partial charge < -0.3 is 9.64 Å². The minimum absolute atomic E-state index is 0.0136. The molecule has 1 heterocycles. The molecule has 1 aliphatic heterocycles. The fourth-order valence-electron chi connectivity index (χ4n) is 1.80. The first-order chi connectivity index (χ1) is 7.50. The average molecular weight is 284 g/mol. The molecule has 0 saturated heterocycles. The lowest BCUT2D eigenvalue weighted by atomic mass is 10.0. The van der Waals surface area contributed by atoms with E-state index in [0.29, 0.717) is 5.92 Å². The Morgan fingerprint density at radius 2 is 2.12 bits per heavy atom. The highest BCUT2D eigenvalue weighted by Gasteiger charge is 2.25. The lowest BCUT2D eigenvalue weighted by Crippen LogP contribution is -2.35. The largest absolute Gasteiger partial charge is 0.481 e. The summed E-state index contributed by atoms with van der Waals surface area (Å²) in [5.74, 6) is 1.19. The van der Waals surface area contributed by atoms with Gasteiger partial charge in [0.2, 0.25) is 0 Å². The molecule has 86 valence electrons. The van der Waals surface area contributed by atoms with E-state index in [0.717, 1.165) is 21.5 Å². The van der Waals surface area contributed by atoms with Gasteiger partial charge in [0.05, 0.1) is 5.69 Å². The standard InChI is InChI=1S/C12H14BrNO2/c1-7(2)9-4-8(13)5-10-12(9)16-6-11(15)14(10)3/h4-5,7H,6H2,1-3H3. The molecule has 0 fully saturated rings. The molecule has 1 aromatic carbocycles. The van der Waals surface area contributed by atoms with Crippen LogP contribution in [0.3, 0.4) is 0 Å². The van der Waals surface area contributed by atoms with Crippen molar-refractivity contribution in [3.05, 3.63) is 22.2 Å². The predicted octanol–water partition coefficient (Wildman–Crippen LogP) is 2.93. The van der Waals surface area contributed by atoms with Crippen LogP contribution >= 0.6 is 15.9 Å². The first kappa shape index (κ1) is 11.5. The smallest absolute Gasteiger partial charge is 0.264 e. The van der Waals surface area contributed by atoms with E-state index < -0.39 is 0 Å². The van der Waals surface area contributed by atoms with E-state index in [2.05, 4.69) is 29.8 Å². The van der Waals surface area contributed by atoms with Gasteiger partial charge in [-0.1, -0.05) is 29.8 Å². The van der Waals surface area contributed by atoms with E-state index in [-0.39, 0.29) is 12.5 Å². The summed E-state index contributed by atoms with van der Waals surface area (Å²) in [6.07, 6.45) is 0. The molecule has 0 atom stereocenters. The summed E-state index contributed by atoms with van der Waals surface area (Å²) in [7, 11) is 1.78. The Balaban J connectivity index is 2.60. The zero-order chi connectivity index (χ0) is 11.9. The molecule has 0 bridgehead atoms. The number of nitrogens with zero attached hydrogens (tertiary/aromatic N) is 1. The van der Waals surface area contributed by atoms with Crippen LogP contribution in [-0.2, 0) is 4.79 Å². The number of fused-ring (bicyclic) bond motifs is 1. The topological polar surface area (TPSA) is 29.5 Å². The third-order valence-corrected chi connectivity index (χ3v) is 3.22. The SMILES string of the molecule is CC(C)c1cc(Br)cc2c1OCC(=O)N2C. The molecule has 0 radical (unpaired) electrons. The van der Waals surface area contributed by atoms with Crippen molar-refractivity contribution in [2.45, 2.75) is 19.8 Å². The van der Waals surface area contributed by atoms with Crippen molar-refractivity contribution in [3.63, 3.8) is 0 Å². The number of likely N-dealkylation sites (N-methyl/N-ethyl adjacent to an activating group) is 1. The van der Waals surface area contributed by atoms with E-state index >= 15 is 0 Å². The molecule has 2 rings (SSSR count). The number of rotatable bonds is 1. The molecule has 3 nitrogen and oxygen atoms in total. The predicted molar refractivity (Wildman–Crippen MR) is 67.1 cm³/mol. The zero-order valence-electron chi connectivity index (χ0n) is 9.58. The second-order valence-electron chi connectivity index (χ2n) is 4.24. The van der Waals surface area contributed by atoms with Crippen molar-refractivity contribution in [1.82, 2.24) is 0 Å². The van der Waals surface area contributed by atoms with E-state index in [1.54, 1.807) is 11.9 Å². The number of hydrogen-bond donors (Lipinski definition) is 0. The highest BCUT2D eigenvalue weighted by atomic mass is 79.9. The minimum atomic E-state index is -0.0136. The van der Waals surface area contributed by atoms with Crippen LogP contribution in [0.5, 0.6) is 5.75 Å². The van der Waals surface area contributed by atoms with Crippen molar-refractivity contribution in [2.75, 3.05) is 18.6 Å². The minimum Gasteiger partial charge on any atom is -0.481 e. The molecule has 0 aromatic heterocycles. The van der Waals surface area contributed by atoms with Gasteiger partial charge in [0.25, 0.3) is 5.91 Å². The quantitative estimate of drug-likeness (QED) is 0.793. The Labute approximate surface area is 104 Å². The summed E-state index contributed by atoms with van der Waals surface area (Å²) in [5, 5.41) is 0. The first-order valence-corrected chi connectivity index (χ1v) is 6.02. The Morgan fingerprint density at radius 1 is 1.44 bits per heavy atom. The molecule has 0 spiro atoms. The number of anilines is 1. The van der Waals surface area contributed by atoms with Crippen LogP contribution in [0.15, 0.2) is 16.6 Å². The number of benzene rings is 1.